The molecule has 0 bridgehead atoms. The third-order valence-electron chi connectivity index (χ3n) is 4.36. The normalized spacial score (nSPS) is 16.2. The first-order chi connectivity index (χ1) is 12.4. The molecular weight excluding hydrogens is 377 g/mol. The van der Waals surface area contributed by atoms with Gasteiger partial charge < -0.3 is 19.9 Å². The molecule has 0 saturated heterocycles. The van der Waals surface area contributed by atoms with E-state index in [0.29, 0.717) is 34.4 Å². The molecule has 0 saturated carbocycles. The minimum atomic E-state index is -0.458. The number of hydrogen-bond acceptors (Lipinski definition) is 3. The molecule has 0 aliphatic carbocycles. The van der Waals surface area contributed by atoms with E-state index in [1.165, 1.54) is 4.57 Å². The Morgan fingerprint density at radius 3 is 2.85 bits per heavy atom. The molecule has 0 spiro atoms. The van der Waals surface area contributed by atoms with Crippen molar-refractivity contribution in [3.8, 4) is 5.75 Å². The van der Waals surface area contributed by atoms with Gasteiger partial charge in [0.25, 0.3) is 5.56 Å². The van der Waals surface area contributed by atoms with E-state index in [2.05, 4.69) is 10.6 Å². The molecule has 6 nitrogen and oxygen atoms in total. The van der Waals surface area contributed by atoms with Crippen molar-refractivity contribution >= 4 is 34.9 Å². The van der Waals surface area contributed by atoms with Crippen LogP contribution >= 0.6 is 23.2 Å². The highest BCUT2D eigenvalue weighted by Crippen LogP contribution is 2.40. The molecule has 1 aliphatic heterocycles. The first-order valence-electron chi connectivity index (χ1n) is 8.23. The number of carbonyl (C=O) groups is 1. The summed E-state index contributed by atoms with van der Waals surface area (Å²) in [6.45, 7) is 2.26. The second-order valence-electron chi connectivity index (χ2n) is 6.21. The number of pyridine rings is 1. The monoisotopic (exact) mass is 395 g/mol. The Morgan fingerprint density at radius 2 is 2.08 bits per heavy atom. The number of aromatic nitrogens is 1. The minimum Gasteiger partial charge on any atom is -0.492 e. The lowest BCUT2D eigenvalue weighted by molar-refractivity contribution is 0.247. The van der Waals surface area contributed by atoms with E-state index >= 15 is 0 Å². The summed E-state index contributed by atoms with van der Waals surface area (Å²) in [7, 11) is 1.63. The van der Waals surface area contributed by atoms with Crippen molar-refractivity contribution in [3.63, 3.8) is 0 Å². The first-order valence-corrected chi connectivity index (χ1v) is 8.98. The number of amides is 2. The Labute approximate surface area is 161 Å². The van der Waals surface area contributed by atoms with Crippen molar-refractivity contribution < 1.29 is 9.53 Å². The van der Waals surface area contributed by atoms with Crippen LogP contribution in [0.15, 0.2) is 29.2 Å². The maximum absolute atomic E-state index is 12.5. The Morgan fingerprint density at radius 1 is 1.31 bits per heavy atom. The summed E-state index contributed by atoms with van der Waals surface area (Å²) in [4.78, 5) is 24.7. The summed E-state index contributed by atoms with van der Waals surface area (Å²) in [6, 6.07) is 4.50. The van der Waals surface area contributed by atoms with Crippen LogP contribution in [0.1, 0.15) is 30.0 Å². The van der Waals surface area contributed by atoms with Crippen LogP contribution in [-0.2, 0) is 7.05 Å². The van der Waals surface area contributed by atoms with Crippen molar-refractivity contribution in [3.05, 3.63) is 55.9 Å². The highest BCUT2D eigenvalue weighted by atomic mass is 35.5. The van der Waals surface area contributed by atoms with E-state index in [1.807, 2.05) is 0 Å². The zero-order chi connectivity index (χ0) is 18.8. The molecule has 0 fully saturated rings. The molecular formula is C18H19Cl2N3O3. The van der Waals surface area contributed by atoms with Crippen LogP contribution in [0.5, 0.6) is 5.75 Å². The molecule has 8 heteroatoms. The third-order valence-corrected chi connectivity index (χ3v) is 5.15. The van der Waals surface area contributed by atoms with E-state index in [9.17, 15) is 9.59 Å². The van der Waals surface area contributed by atoms with Gasteiger partial charge in [0.15, 0.2) is 0 Å². The number of rotatable bonds is 2. The fourth-order valence-electron chi connectivity index (χ4n) is 2.91. The Hall–Kier alpha value is -2.18. The van der Waals surface area contributed by atoms with Crippen LogP contribution in [0.3, 0.4) is 0 Å². The summed E-state index contributed by atoms with van der Waals surface area (Å²) in [5.74, 6) is 0.494. The number of benzene rings is 1. The molecule has 2 amide bonds. The van der Waals surface area contributed by atoms with Gasteiger partial charge in [-0.05, 0) is 37.5 Å². The number of aryl methyl sites for hydroxylation is 2. The lowest BCUT2D eigenvalue weighted by Gasteiger charge is -2.20. The fourth-order valence-corrected chi connectivity index (χ4v) is 3.29. The molecule has 0 radical (unpaired) electrons. The summed E-state index contributed by atoms with van der Waals surface area (Å²) in [5, 5.41) is 6.31. The van der Waals surface area contributed by atoms with Crippen LogP contribution in [0, 0.1) is 6.92 Å². The van der Waals surface area contributed by atoms with Crippen molar-refractivity contribution in [2.45, 2.75) is 25.8 Å². The third kappa shape index (κ3) is 3.66. The van der Waals surface area contributed by atoms with Gasteiger partial charge in [-0.2, -0.15) is 0 Å². The van der Waals surface area contributed by atoms with Gasteiger partial charge in [-0.1, -0.05) is 29.3 Å². The first kappa shape index (κ1) is 18.6. The smallest absolute Gasteiger partial charge is 0.319 e. The van der Waals surface area contributed by atoms with E-state index in [0.717, 1.165) is 12.0 Å². The maximum atomic E-state index is 12.5. The second-order valence-corrected chi connectivity index (χ2v) is 7.00. The number of anilines is 1. The fraction of sp³-hybridized carbons (Fsp3) is 0.333. The molecule has 2 aromatic rings. The molecule has 26 heavy (non-hydrogen) atoms. The number of carbonyl (C=O) groups excluding carboxylic acids is 1. The number of hydrogen-bond donors (Lipinski definition) is 2. The predicted octanol–water partition coefficient (Wildman–Crippen LogP) is 4.04. The topological polar surface area (TPSA) is 72.4 Å². The zero-order valence-electron chi connectivity index (χ0n) is 14.4. The van der Waals surface area contributed by atoms with Crippen LogP contribution in [0.25, 0.3) is 0 Å². The van der Waals surface area contributed by atoms with Gasteiger partial charge in [0.05, 0.1) is 17.7 Å². The molecule has 3 rings (SSSR count). The van der Waals surface area contributed by atoms with Crippen molar-refractivity contribution in [1.82, 2.24) is 9.88 Å². The van der Waals surface area contributed by atoms with Crippen LogP contribution in [0.2, 0.25) is 10.0 Å². The van der Waals surface area contributed by atoms with E-state index < -0.39 is 6.03 Å². The quantitative estimate of drug-likeness (QED) is 0.805. The summed E-state index contributed by atoms with van der Waals surface area (Å²) in [6.07, 6.45) is 3.09. The average Bonchev–Trinajstić information content (AvgIpc) is 2.81. The van der Waals surface area contributed by atoms with Gasteiger partial charge in [0.2, 0.25) is 0 Å². The predicted molar refractivity (Wildman–Crippen MR) is 103 cm³/mol. The Kier molecular flexibility index (Phi) is 5.44. The van der Waals surface area contributed by atoms with Gasteiger partial charge in [-0.25, -0.2) is 4.79 Å². The Balaban J connectivity index is 1.84. The van der Waals surface area contributed by atoms with Crippen molar-refractivity contribution in [2.75, 3.05) is 11.9 Å². The van der Waals surface area contributed by atoms with Crippen LogP contribution in [-0.4, -0.2) is 17.2 Å². The van der Waals surface area contributed by atoms with Gasteiger partial charge >= 0.3 is 6.03 Å². The number of ether oxygens (including phenoxy) is 1. The van der Waals surface area contributed by atoms with Crippen molar-refractivity contribution in [2.24, 2.45) is 7.05 Å². The van der Waals surface area contributed by atoms with Crippen LogP contribution in [0.4, 0.5) is 10.5 Å². The van der Waals surface area contributed by atoms with E-state index in [1.54, 1.807) is 38.4 Å². The van der Waals surface area contributed by atoms with Gasteiger partial charge in [-0.3, -0.25) is 4.79 Å². The number of nitrogens with zero attached hydrogens (tertiary/aromatic N) is 1. The summed E-state index contributed by atoms with van der Waals surface area (Å²) >= 11 is 12.3. The lowest BCUT2D eigenvalue weighted by atomic mass is 10.0. The molecule has 1 aromatic carbocycles. The molecule has 2 N–H and O–H groups in total. The van der Waals surface area contributed by atoms with Gasteiger partial charge in [0, 0.05) is 18.8 Å². The molecule has 1 atom stereocenters. The van der Waals surface area contributed by atoms with Gasteiger partial charge in [0.1, 0.15) is 16.5 Å². The standard InChI is InChI=1S/C18H19Cl2N3O3/c1-10-7-8-23(2)17(24)15(10)22-18(25)21-13-4-3-9-26-16-11(13)5-6-12(19)14(16)20/h5-8,13H,3-4,9H2,1-2H3,(H2,21,22,25). The lowest BCUT2D eigenvalue weighted by Crippen LogP contribution is -2.35. The van der Waals surface area contributed by atoms with E-state index in [-0.39, 0.29) is 17.3 Å². The molecule has 2 heterocycles. The largest absolute Gasteiger partial charge is 0.492 e. The SMILES string of the molecule is Cc1ccn(C)c(=O)c1NC(=O)NC1CCCOc2c1ccc(Cl)c2Cl. The highest BCUT2D eigenvalue weighted by Gasteiger charge is 2.25. The minimum absolute atomic E-state index is 0.256. The zero-order valence-corrected chi connectivity index (χ0v) is 15.9. The summed E-state index contributed by atoms with van der Waals surface area (Å²) in [5.41, 5.74) is 1.46. The highest BCUT2D eigenvalue weighted by molar-refractivity contribution is 6.43. The number of halogens is 2. The molecule has 1 aliphatic rings. The number of urea groups is 1. The Bertz CT molecular complexity index is 911. The molecule has 1 unspecified atom stereocenters. The maximum Gasteiger partial charge on any atom is 0.319 e. The van der Waals surface area contributed by atoms with Crippen molar-refractivity contribution in [1.29, 1.82) is 0 Å². The summed E-state index contributed by atoms with van der Waals surface area (Å²) < 4.78 is 7.12. The van der Waals surface area contributed by atoms with Gasteiger partial charge in [-0.15, -0.1) is 0 Å². The molecule has 1 aromatic heterocycles. The van der Waals surface area contributed by atoms with E-state index in [4.69, 9.17) is 27.9 Å². The number of fused-ring (bicyclic) bond motifs is 1. The molecule has 138 valence electrons. The second kappa shape index (κ2) is 7.60. The average molecular weight is 396 g/mol. The number of nitrogens with one attached hydrogen (secondary N) is 2. The van der Waals surface area contributed by atoms with Crippen LogP contribution < -0.4 is 20.9 Å².